The normalized spacial score (nSPS) is 11.0. The van der Waals surface area contributed by atoms with E-state index >= 15 is 0 Å². The molecule has 5 nitrogen and oxygen atoms in total. The molecule has 0 aliphatic heterocycles. The van der Waals surface area contributed by atoms with Crippen molar-refractivity contribution in [2.75, 3.05) is 13.2 Å². The van der Waals surface area contributed by atoms with Crippen molar-refractivity contribution in [3.8, 4) is 0 Å². The van der Waals surface area contributed by atoms with Crippen molar-refractivity contribution in [2.45, 2.75) is 59.8 Å². The van der Waals surface area contributed by atoms with Gasteiger partial charge in [0.15, 0.2) is 0 Å². The Balaban J connectivity index is 0. The molecule has 1 unspecified atom stereocenters. The Bertz CT molecular complexity index is 224. The summed E-state index contributed by atoms with van der Waals surface area (Å²) in [5.74, 6) is -2.52. The maximum atomic E-state index is 10.4. The molecule has 0 fully saturated rings. The second kappa shape index (κ2) is 16.6. The van der Waals surface area contributed by atoms with Crippen LogP contribution in [-0.2, 0) is 17.2 Å². The molecular formula is C14H27AlO5. The van der Waals surface area contributed by atoms with E-state index in [1.807, 2.05) is 0 Å². The second-order valence-electron chi connectivity index (χ2n) is 4.44. The van der Waals surface area contributed by atoms with Crippen LogP contribution in [0.2, 0.25) is 0 Å². The van der Waals surface area contributed by atoms with E-state index in [-0.39, 0.29) is 21.7 Å². The zero-order valence-electron chi connectivity index (χ0n) is 13.1. The van der Waals surface area contributed by atoms with Crippen LogP contribution in [0.25, 0.3) is 0 Å². The zero-order valence-corrected chi connectivity index (χ0v) is 14.3. The van der Waals surface area contributed by atoms with Crippen molar-refractivity contribution in [1.82, 2.24) is 0 Å². The SMILES string of the molecule is CCC(C(C)=O)C(=O)[O-].CCCC[O][Al+][O]CCCC. The molecule has 0 saturated heterocycles. The third-order valence-electron chi connectivity index (χ3n) is 2.55. The molecule has 0 heterocycles. The summed E-state index contributed by atoms with van der Waals surface area (Å²) in [7, 11) is 0. The van der Waals surface area contributed by atoms with Gasteiger partial charge in [-0.25, -0.2) is 0 Å². The summed E-state index contributed by atoms with van der Waals surface area (Å²) in [4.78, 5) is 20.4. The van der Waals surface area contributed by atoms with E-state index < -0.39 is 11.9 Å². The van der Waals surface area contributed by atoms with Crippen molar-refractivity contribution in [2.24, 2.45) is 5.92 Å². The summed E-state index contributed by atoms with van der Waals surface area (Å²) in [6.07, 6.45) is 5.04. The van der Waals surface area contributed by atoms with Crippen molar-refractivity contribution < 1.29 is 22.3 Å². The first-order valence-electron chi connectivity index (χ1n) is 7.27. The van der Waals surface area contributed by atoms with Crippen LogP contribution in [0.4, 0.5) is 0 Å². The summed E-state index contributed by atoms with van der Waals surface area (Å²) in [5.41, 5.74) is 0. The number of Topliss-reactive ketones (excluding diaryl/α,β-unsaturated/α-hetero) is 1. The first kappa shape index (κ1) is 21.9. The summed E-state index contributed by atoms with van der Waals surface area (Å²) < 4.78 is 10.6. The van der Waals surface area contributed by atoms with Crippen molar-refractivity contribution >= 4 is 27.6 Å². The monoisotopic (exact) mass is 302 g/mol. The number of aliphatic carboxylic acids is 1. The molecule has 0 bridgehead atoms. The molecule has 20 heavy (non-hydrogen) atoms. The minimum atomic E-state index is -1.27. The Morgan fingerprint density at radius 2 is 1.50 bits per heavy atom. The summed E-state index contributed by atoms with van der Waals surface area (Å²) in [5, 5.41) is 10.0. The molecule has 0 rings (SSSR count). The fourth-order valence-electron chi connectivity index (χ4n) is 1.22. The number of rotatable bonds is 11. The van der Waals surface area contributed by atoms with Gasteiger partial charge in [0.25, 0.3) is 0 Å². The Hall–Kier alpha value is -0.408. The molecule has 0 amide bonds. The fourth-order valence-corrected chi connectivity index (χ4v) is 1.84. The van der Waals surface area contributed by atoms with Gasteiger partial charge in [0.05, 0.1) is 11.9 Å². The molecule has 0 aliphatic carbocycles. The molecule has 6 heteroatoms. The molecule has 0 aliphatic rings. The molecular weight excluding hydrogens is 275 g/mol. The van der Waals surface area contributed by atoms with Gasteiger partial charge < -0.3 is 9.90 Å². The third kappa shape index (κ3) is 15.6. The van der Waals surface area contributed by atoms with Crippen molar-refractivity contribution in [1.29, 1.82) is 0 Å². The van der Waals surface area contributed by atoms with E-state index in [4.69, 9.17) is 7.58 Å². The minimum absolute atomic E-state index is 0.189. The molecule has 1 atom stereocenters. The molecule has 116 valence electrons. The first-order chi connectivity index (χ1) is 9.51. The van der Waals surface area contributed by atoms with E-state index in [1.54, 1.807) is 6.92 Å². The van der Waals surface area contributed by atoms with Gasteiger partial charge in [-0.1, -0.05) is 6.92 Å². The molecule has 0 radical (unpaired) electrons. The number of ketones is 1. The average Bonchev–Trinajstić information content (AvgIpc) is 2.38. The summed E-state index contributed by atoms with van der Waals surface area (Å²) in [6, 6.07) is 0. The quantitative estimate of drug-likeness (QED) is 0.328. The van der Waals surface area contributed by atoms with Gasteiger partial charge in [0.2, 0.25) is 0 Å². The van der Waals surface area contributed by atoms with E-state index in [1.165, 1.54) is 19.8 Å². The van der Waals surface area contributed by atoms with Gasteiger partial charge in [-0.2, -0.15) is 0 Å². The molecule has 0 saturated carbocycles. The average molecular weight is 302 g/mol. The molecule has 0 spiro atoms. The Kier molecular flexibility index (Phi) is 18.2. The van der Waals surface area contributed by atoms with Crippen molar-refractivity contribution in [3.05, 3.63) is 0 Å². The number of carbonyl (C=O) groups is 2. The fraction of sp³-hybridized carbons (Fsp3) is 0.857. The van der Waals surface area contributed by atoms with Crippen LogP contribution in [0, 0.1) is 5.92 Å². The molecule has 0 aromatic rings. The van der Waals surface area contributed by atoms with Crippen LogP contribution in [-0.4, -0.2) is 40.9 Å². The van der Waals surface area contributed by atoms with Gasteiger partial charge in [-0.15, -0.1) is 0 Å². The van der Waals surface area contributed by atoms with Crippen LogP contribution in [0.3, 0.4) is 0 Å². The van der Waals surface area contributed by atoms with E-state index in [0.717, 1.165) is 26.1 Å². The van der Waals surface area contributed by atoms with E-state index in [2.05, 4.69) is 13.8 Å². The van der Waals surface area contributed by atoms with Crippen LogP contribution >= 0.6 is 0 Å². The Morgan fingerprint density at radius 3 is 1.70 bits per heavy atom. The van der Waals surface area contributed by atoms with Gasteiger partial charge in [0.1, 0.15) is 5.78 Å². The van der Waals surface area contributed by atoms with Crippen LogP contribution in [0.5, 0.6) is 0 Å². The topological polar surface area (TPSA) is 75.7 Å². The predicted molar refractivity (Wildman–Crippen MR) is 76.9 cm³/mol. The predicted octanol–water partition coefficient (Wildman–Crippen LogP) is 1.51. The number of carboxylic acids is 1. The number of carboxylic acid groups (broad SMARTS) is 1. The van der Waals surface area contributed by atoms with Gasteiger partial charge in [0, 0.05) is 0 Å². The van der Waals surface area contributed by atoms with Crippen LogP contribution < -0.4 is 5.11 Å². The standard InChI is InChI=1S/C6H10O3.2C4H9O.Al/c1-3-5(4(2)7)6(8)9;2*1-2-3-4-5;/h5H,3H2,1-2H3,(H,8,9);2*2-4H2,1H3;/q;2*-1;+3/p-1. The van der Waals surface area contributed by atoms with Gasteiger partial charge in [-0.3, -0.25) is 4.79 Å². The number of carbonyl (C=O) groups excluding carboxylic acids is 2. The Labute approximate surface area is 129 Å². The third-order valence-corrected chi connectivity index (χ3v) is 3.29. The molecule has 0 N–H and O–H groups in total. The van der Waals surface area contributed by atoms with E-state index in [9.17, 15) is 14.7 Å². The van der Waals surface area contributed by atoms with Crippen LogP contribution in [0.15, 0.2) is 0 Å². The second-order valence-corrected chi connectivity index (χ2v) is 5.29. The number of unbranched alkanes of at least 4 members (excludes halogenated alkanes) is 2. The van der Waals surface area contributed by atoms with Gasteiger partial charge in [-0.05, 0) is 13.3 Å². The summed E-state index contributed by atoms with van der Waals surface area (Å²) in [6.45, 7) is 8.97. The van der Waals surface area contributed by atoms with E-state index in [0.29, 0.717) is 6.42 Å². The molecule has 0 aromatic heterocycles. The first-order valence-corrected chi connectivity index (χ1v) is 8.21. The van der Waals surface area contributed by atoms with Crippen LogP contribution in [0.1, 0.15) is 59.8 Å². The summed E-state index contributed by atoms with van der Waals surface area (Å²) >= 11 is -0.189. The van der Waals surface area contributed by atoms with Crippen molar-refractivity contribution in [3.63, 3.8) is 0 Å². The maximum absolute atomic E-state index is 10.4. The number of hydrogen-bond acceptors (Lipinski definition) is 5. The molecule has 0 aromatic carbocycles. The zero-order chi connectivity index (χ0) is 15.8. The van der Waals surface area contributed by atoms with Gasteiger partial charge >= 0.3 is 76.2 Å². The Morgan fingerprint density at radius 1 is 1.05 bits per heavy atom. The number of hydrogen-bond donors (Lipinski definition) is 0.